The van der Waals surface area contributed by atoms with E-state index < -0.39 is 0 Å². The Bertz CT molecular complexity index is 969. The first kappa shape index (κ1) is 19.8. The Kier molecular flexibility index (Phi) is 6.60. The number of aromatic nitrogens is 3. The third-order valence-electron chi connectivity index (χ3n) is 4.42. The fraction of sp³-hybridized carbons (Fsp3) is 0.286. The highest BCUT2D eigenvalue weighted by atomic mass is 32.1. The summed E-state index contributed by atoms with van der Waals surface area (Å²) in [5.74, 6) is 1.48. The largest absolute Gasteiger partial charge is 0.494 e. The average molecular weight is 396 g/mol. The van der Waals surface area contributed by atoms with Crippen molar-refractivity contribution in [1.29, 1.82) is 0 Å². The molecule has 0 bridgehead atoms. The summed E-state index contributed by atoms with van der Waals surface area (Å²) >= 11 is 5.34. The van der Waals surface area contributed by atoms with Crippen LogP contribution in [0.2, 0.25) is 0 Å². The maximum absolute atomic E-state index is 5.49. The van der Waals surface area contributed by atoms with Crippen molar-refractivity contribution < 1.29 is 4.74 Å². The van der Waals surface area contributed by atoms with Gasteiger partial charge in [0, 0.05) is 24.3 Å². The van der Waals surface area contributed by atoms with E-state index in [0.717, 1.165) is 30.0 Å². The first-order valence-electron chi connectivity index (χ1n) is 9.46. The van der Waals surface area contributed by atoms with E-state index in [1.54, 1.807) is 10.9 Å². The molecule has 1 heterocycles. The minimum Gasteiger partial charge on any atom is -0.494 e. The maximum atomic E-state index is 5.49. The second-order valence-corrected chi connectivity index (χ2v) is 6.52. The second-order valence-electron chi connectivity index (χ2n) is 6.13. The molecule has 146 valence electrons. The number of hydrogen-bond donors (Lipinski definition) is 1. The molecule has 7 heteroatoms. The van der Waals surface area contributed by atoms with Gasteiger partial charge in [0.2, 0.25) is 4.77 Å². The van der Waals surface area contributed by atoms with Crippen LogP contribution in [0.5, 0.6) is 5.75 Å². The van der Waals surface area contributed by atoms with Gasteiger partial charge in [-0.25, -0.2) is 5.10 Å². The number of H-pyrrole nitrogens is 1. The molecule has 0 unspecified atom stereocenters. The minimum atomic E-state index is 0.444. The Morgan fingerprint density at radius 3 is 2.36 bits per heavy atom. The Balaban J connectivity index is 1.83. The summed E-state index contributed by atoms with van der Waals surface area (Å²) < 4.78 is 7.56. The predicted octanol–water partition coefficient (Wildman–Crippen LogP) is 4.73. The first-order chi connectivity index (χ1) is 13.7. The first-order valence-corrected chi connectivity index (χ1v) is 9.87. The van der Waals surface area contributed by atoms with Crippen molar-refractivity contribution in [3.8, 4) is 17.1 Å². The van der Waals surface area contributed by atoms with Gasteiger partial charge >= 0.3 is 0 Å². The standard InChI is InChI=1S/C21H25N5OS/c1-4-25(5-2)18-11-7-16(8-12-18)15-22-26-20(23-24-21(26)28)17-9-13-19(14-10-17)27-6-3/h7-15H,4-6H2,1-3H3,(H,24,28)/b22-15-. The fourth-order valence-electron chi connectivity index (χ4n) is 2.94. The van der Waals surface area contributed by atoms with Crippen molar-refractivity contribution in [1.82, 2.24) is 14.9 Å². The smallest absolute Gasteiger partial charge is 0.216 e. The number of aromatic amines is 1. The van der Waals surface area contributed by atoms with Crippen LogP contribution in [0.25, 0.3) is 11.4 Å². The zero-order valence-corrected chi connectivity index (χ0v) is 17.2. The van der Waals surface area contributed by atoms with Crippen LogP contribution in [0.15, 0.2) is 53.6 Å². The summed E-state index contributed by atoms with van der Waals surface area (Å²) in [6, 6.07) is 16.0. The highest BCUT2D eigenvalue weighted by Gasteiger charge is 2.08. The number of ether oxygens (including phenoxy) is 1. The summed E-state index contributed by atoms with van der Waals surface area (Å²) in [5.41, 5.74) is 3.11. The van der Waals surface area contributed by atoms with Crippen LogP contribution in [0.4, 0.5) is 5.69 Å². The van der Waals surface area contributed by atoms with Gasteiger partial charge in [0.15, 0.2) is 5.82 Å². The van der Waals surface area contributed by atoms with Crippen LogP contribution in [0.3, 0.4) is 0 Å². The number of hydrogen-bond acceptors (Lipinski definition) is 5. The van der Waals surface area contributed by atoms with Crippen molar-refractivity contribution in [2.24, 2.45) is 5.10 Å². The highest BCUT2D eigenvalue weighted by molar-refractivity contribution is 7.71. The van der Waals surface area contributed by atoms with E-state index >= 15 is 0 Å². The lowest BCUT2D eigenvalue weighted by molar-refractivity contribution is 0.340. The molecule has 1 aromatic heterocycles. The molecule has 0 aliphatic rings. The SMILES string of the molecule is CCOc1ccc(-c2n[nH]c(=S)n2/N=C\c2ccc(N(CC)CC)cc2)cc1. The van der Waals surface area contributed by atoms with E-state index in [-0.39, 0.29) is 0 Å². The maximum Gasteiger partial charge on any atom is 0.216 e. The Hall–Kier alpha value is -2.93. The summed E-state index contributed by atoms with van der Waals surface area (Å²) in [6.07, 6.45) is 1.79. The number of anilines is 1. The van der Waals surface area contributed by atoms with Crippen LogP contribution in [-0.2, 0) is 0 Å². The van der Waals surface area contributed by atoms with Crippen LogP contribution in [-0.4, -0.2) is 40.8 Å². The van der Waals surface area contributed by atoms with Gasteiger partial charge in [0.1, 0.15) is 5.75 Å². The number of nitrogens with zero attached hydrogens (tertiary/aromatic N) is 4. The lowest BCUT2D eigenvalue weighted by Gasteiger charge is -2.20. The van der Waals surface area contributed by atoms with E-state index in [4.69, 9.17) is 17.0 Å². The Morgan fingerprint density at radius 2 is 1.75 bits per heavy atom. The van der Waals surface area contributed by atoms with Gasteiger partial charge in [0.05, 0.1) is 12.8 Å². The van der Waals surface area contributed by atoms with Crippen LogP contribution in [0.1, 0.15) is 26.3 Å². The molecule has 0 fully saturated rings. The predicted molar refractivity (Wildman–Crippen MR) is 117 cm³/mol. The van der Waals surface area contributed by atoms with Crippen molar-refractivity contribution in [3.63, 3.8) is 0 Å². The van der Waals surface area contributed by atoms with E-state index in [2.05, 4.69) is 58.3 Å². The van der Waals surface area contributed by atoms with Crippen molar-refractivity contribution in [2.45, 2.75) is 20.8 Å². The zero-order valence-electron chi connectivity index (χ0n) is 16.4. The lowest BCUT2D eigenvalue weighted by Crippen LogP contribution is -2.21. The number of nitrogens with one attached hydrogen (secondary N) is 1. The average Bonchev–Trinajstić information content (AvgIpc) is 3.09. The van der Waals surface area contributed by atoms with Gasteiger partial charge in [-0.2, -0.15) is 14.9 Å². The fourth-order valence-corrected chi connectivity index (χ4v) is 3.12. The van der Waals surface area contributed by atoms with Gasteiger partial charge in [-0.15, -0.1) is 0 Å². The topological polar surface area (TPSA) is 58.4 Å². The third-order valence-corrected chi connectivity index (χ3v) is 4.68. The molecule has 0 spiro atoms. The molecule has 1 N–H and O–H groups in total. The summed E-state index contributed by atoms with van der Waals surface area (Å²) in [4.78, 5) is 2.30. The molecule has 0 atom stereocenters. The molecule has 2 aromatic carbocycles. The minimum absolute atomic E-state index is 0.444. The molecule has 0 amide bonds. The van der Waals surface area contributed by atoms with Crippen molar-refractivity contribution >= 4 is 24.1 Å². The van der Waals surface area contributed by atoms with Crippen molar-refractivity contribution in [2.75, 3.05) is 24.6 Å². The molecule has 0 saturated carbocycles. The Morgan fingerprint density at radius 1 is 1.07 bits per heavy atom. The molecule has 6 nitrogen and oxygen atoms in total. The van der Waals surface area contributed by atoms with Gasteiger partial charge in [-0.3, -0.25) is 0 Å². The van der Waals surface area contributed by atoms with Gasteiger partial charge in [-0.1, -0.05) is 12.1 Å². The van der Waals surface area contributed by atoms with E-state index in [1.165, 1.54) is 5.69 Å². The van der Waals surface area contributed by atoms with Gasteiger partial charge < -0.3 is 9.64 Å². The van der Waals surface area contributed by atoms with Gasteiger partial charge in [-0.05, 0) is 75.0 Å². The Labute approximate surface area is 170 Å². The van der Waals surface area contributed by atoms with Crippen LogP contribution >= 0.6 is 12.2 Å². The van der Waals surface area contributed by atoms with Crippen LogP contribution < -0.4 is 9.64 Å². The molecular weight excluding hydrogens is 370 g/mol. The highest BCUT2D eigenvalue weighted by Crippen LogP contribution is 2.21. The van der Waals surface area contributed by atoms with E-state index in [9.17, 15) is 0 Å². The normalized spacial score (nSPS) is 11.1. The molecule has 0 radical (unpaired) electrons. The summed E-state index contributed by atoms with van der Waals surface area (Å²) in [7, 11) is 0. The number of rotatable bonds is 8. The molecule has 3 rings (SSSR count). The zero-order chi connectivity index (χ0) is 19.9. The van der Waals surface area contributed by atoms with E-state index in [1.807, 2.05) is 31.2 Å². The van der Waals surface area contributed by atoms with Crippen LogP contribution in [0, 0.1) is 4.77 Å². The molecular formula is C21H25N5OS. The molecule has 28 heavy (non-hydrogen) atoms. The quantitative estimate of drug-likeness (QED) is 0.442. The van der Waals surface area contributed by atoms with E-state index in [0.29, 0.717) is 17.2 Å². The lowest BCUT2D eigenvalue weighted by atomic mass is 10.2. The van der Waals surface area contributed by atoms with Crippen molar-refractivity contribution in [3.05, 3.63) is 58.9 Å². The molecule has 0 aliphatic carbocycles. The van der Waals surface area contributed by atoms with Gasteiger partial charge in [0.25, 0.3) is 0 Å². The summed E-state index contributed by atoms with van der Waals surface area (Å²) in [6.45, 7) is 8.88. The third kappa shape index (κ3) is 4.48. The molecule has 0 aliphatic heterocycles. The molecule has 3 aromatic rings. The second kappa shape index (κ2) is 9.32. The monoisotopic (exact) mass is 395 g/mol. The summed E-state index contributed by atoms with van der Waals surface area (Å²) in [5, 5.41) is 11.7. The number of benzene rings is 2. The molecule has 0 saturated heterocycles.